The van der Waals surface area contributed by atoms with Crippen molar-refractivity contribution in [2.75, 3.05) is 50.1 Å². The zero-order chi connectivity index (χ0) is 33.8. The molecule has 0 atom stereocenters. The van der Waals surface area contributed by atoms with Gasteiger partial charge in [-0.3, -0.25) is 14.4 Å². The van der Waals surface area contributed by atoms with Gasteiger partial charge < -0.3 is 24.4 Å². The highest BCUT2D eigenvalue weighted by atomic mass is 19.1. The van der Waals surface area contributed by atoms with Crippen molar-refractivity contribution >= 4 is 28.8 Å². The average molecular weight is 649 g/mol. The van der Waals surface area contributed by atoms with Gasteiger partial charge in [0.1, 0.15) is 29.0 Å². The molecule has 3 aromatic carbocycles. The van der Waals surface area contributed by atoms with Crippen LogP contribution in [0.4, 0.5) is 28.9 Å². The van der Waals surface area contributed by atoms with E-state index in [1.807, 2.05) is 43.3 Å². The van der Waals surface area contributed by atoms with Crippen LogP contribution in [0.3, 0.4) is 0 Å². The normalized spacial score (nSPS) is 13.5. The van der Waals surface area contributed by atoms with Crippen molar-refractivity contribution in [2.24, 2.45) is 0 Å². The lowest BCUT2D eigenvalue weighted by Gasteiger charge is -2.35. The van der Waals surface area contributed by atoms with Crippen LogP contribution in [0.2, 0.25) is 0 Å². The van der Waals surface area contributed by atoms with E-state index >= 15 is 0 Å². The van der Waals surface area contributed by atoms with Gasteiger partial charge in [-0.25, -0.2) is 17.6 Å². The molecule has 0 unspecified atom stereocenters. The van der Waals surface area contributed by atoms with Gasteiger partial charge in [-0.15, -0.1) is 0 Å². The minimum atomic E-state index is -1.16. The van der Waals surface area contributed by atoms with Crippen LogP contribution < -0.4 is 15.4 Å². The van der Waals surface area contributed by atoms with Gasteiger partial charge in [0, 0.05) is 93.6 Å². The summed E-state index contributed by atoms with van der Waals surface area (Å²) in [7, 11) is 3.88. The van der Waals surface area contributed by atoms with Crippen molar-refractivity contribution in [3.05, 3.63) is 135 Å². The van der Waals surface area contributed by atoms with Crippen LogP contribution >= 0.6 is 0 Å². The molecule has 0 aliphatic carbocycles. The lowest BCUT2D eigenvalue weighted by molar-refractivity contribution is -0.142. The summed E-state index contributed by atoms with van der Waals surface area (Å²) in [5, 5.41) is 10.9. The minimum absolute atomic E-state index is 0.0915. The van der Waals surface area contributed by atoms with Crippen LogP contribution in [-0.4, -0.2) is 66.5 Å². The highest BCUT2D eigenvalue weighted by Crippen LogP contribution is 2.23. The third-order valence-electron chi connectivity index (χ3n) is 7.98. The molecule has 5 rings (SSSR count). The molecule has 0 radical (unpaired) electrons. The molecular weight excluding hydrogens is 616 g/mol. The molecule has 1 aliphatic heterocycles. The molecule has 2 heterocycles. The maximum atomic E-state index is 14.5. The topological polar surface area (TPSA) is 86.1 Å². The van der Waals surface area contributed by atoms with Crippen LogP contribution in [0.1, 0.15) is 22.3 Å². The summed E-state index contributed by atoms with van der Waals surface area (Å²) < 4.78 is 58.0. The number of nitrogens with zero attached hydrogens (tertiary/aromatic N) is 4. The molecule has 12 heteroatoms. The number of aliphatic hydroxyl groups excluding tert-OH is 1. The quantitative estimate of drug-likeness (QED) is 0.120. The molecule has 244 valence electrons. The number of aliphatic hydroxyl groups is 1. The molecule has 0 spiro atoms. The molecule has 1 saturated heterocycles. The summed E-state index contributed by atoms with van der Waals surface area (Å²) in [5.74, 6) is -6.86. The first-order valence-electron chi connectivity index (χ1n) is 14.8. The monoisotopic (exact) mass is 648 g/mol. The Morgan fingerprint density at radius 1 is 0.872 bits per heavy atom. The minimum Gasteiger partial charge on any atom is -0.507 e. The van der Waals surface area contributed by atoms with Gasteiger partial charge in [0.25, 0.3) is 11.5 Å². The van der Waals surface area contributed by atoms with Gasteiger partial charge in [0.05, 0.1) is 12.1 Å². The summed E-state index contributed by atoms with van der Waals surface area (Å²) in [6, 6.07) is 15.7. The number of aromatic nitrogens is 1. The molecule has 1 amide bonds. The summed E-state index contributed by atoms with van der Waals surface area (Å²) in [4.78, 5) is 44.8. The Labute approximate surface area is 268 Å². The highest BCUT2D eigenvalue weighted by Gasteiger charge is 2.26. The Balaban J connectivity index is 1.38. The maximum Gasteiger partial charge on any atom is 0.294 e. The van der Waals surface area contributed by atoms with Gasteiger partial charge in [-0.1, -0.05) is 18.2 Å². The van der Waals surface area contributed by atoms with Gasteiger partial charge in [-0.05, 0) is 42.0 Å². The second-order valence-corrected chi connectivity index (χ2v) is 11.4. The molecule has 47 heavy (non-hydrogen) atoms. The molecule has 0 bridgehead atoms. The van der Waals surface area contributed by atoms with Crippen molar-refractivity contribution < 1.29 is 32.3 Å². The summed E-state index contributed by atoms with van der Waals surface area (Å²) in [6.07, 6.45) is 1.39. The number of benzene rings is 3. The second-order valence-electron chi connectivity index (χ2n) is 11.4. The van der Waals surface area contributed by atoms with Crippen LogP contribution in [0.25, 0.3) is 5.76 Å². The lowest BCUT2D eigenvalue weighted by Crippen LogP contribution is -2.50. The lowest BCUT2D eigenvalue weighted by atomic mass is 10.0. The zero-order valence-electron chi connectivity index (χ0n) is 25.7. The Hall–Kier alpha value is -5.39. The van der Waals surface area contributed by atoms with E-state index in [1.54, 1.807) is 6.07 Å². The van der Waals surface area contributed by atoms with Gasteiger partial charge in [0.2, 0.25) is 5.78 Å². The van der Waals surface area contributed by atoms with E-state index in [2.05, 4.69) is 4.90 Å². The molecule has 1 aliphatic rings. The number of halogens is 4. The van der Waals surface area contributed by atoms with Crippen molar-refractivity contribution in [3.63, 3.8) is 0 Å². The Bertz CT molecular complexity index is 1880. The predicted molar refractivity (Wildman–Crippen MR) is 171 cm³/mol. The van der Waals surface area contributed by atoms with E-state index in [4.69, 9.17) is 0 Å². The number of anilines is 2. The number of hydrogen-bond donors (Lipinski definition) is 1. The fraction of sp³-hybridized carbons (Fsp3) is 0.229. The molecule has 1 N–H and O–H groups in total. The molecular formula is C35H32F4N4O4. The molecule has 0 saturated carbocycles. The number of rotatable bonds is 9. The average Bonchev–Trinajstić information content (AvgIpc) is 3.04. The van der Waals surface area contributed by atoms with Gasteiger partial charge in [0.15, 0.2) is 0 Å². The third kappa shape index (κ3) is 7.54. The maximum absolute atomic E-state index is 14.5. The van der Waals surface area contributed by atoms with Crippen LogP contribution in [-0.2, 0) is 22.6 Å². The van der Waals surface area contributed by atoms with E-state index in [0.29, 0.717) is 31.3 Å². The van der Waals surface area contributed by atoms with Gasteiger partial charge in [-0.2, -0.15) is 0 Å². The highest BCUT2D eigenvalue weighted by molar-refractivity contribution is 6.41. The van der Waals surface area contributed by atoms with E-state index in [1.165, 1.54) is 29.3 Å². The van der Waals surface area contributed by atoms with Crippen molar-refractivity contribution in [1.82, 2.24) is 9.47 Å². The Morgan fingerprint density at radius 3 is 2.13 bits per heavy atom. The second kappa shape index (κ2) is 13.9. The molecule has 1 aromatic heterocycles. The summed E-state index contributed by atoms with van der Waals surface area (Å²) in [5.41, 5.74) is 0.413. The number of ketones is 1. The van der Waals surface area contributed by atoms with E-state index in [0.717, 1.165) is 22.0 Å². The number of amides is 1. The van der Waals surface area contributed by atoms with Crippen LogP contribution in [0.15, 0.2) is 83.8 Å². The molecule has 1 fully saturated rings. The van der Waals surface area contributed by atoms with Crippen molar-refractivity contribution in [2.45, 2.75) is 13.0 Å². The molecule has 4 aromatic rings. The first-order valence-corrected chi connectivity index (χ1v) is 14.8. The first-order chi connectivity index (χ1) is 22.4. The van der Waals surface area contributed by atoms with Crippen LogP contribution in [0.5, 0.6) is 0 Å². The number of hydrogen-bond acceptors (Lipinski definition) is 6. The largest absolute Gasteiger partial charge is 0.507 e. The molecule has 8 nitrogen and oxygen atoms in total. The summed E-state index contributed by atoms with van der Waals surface area (Å²) in [6.45, 7) is 1.11. The Morgan fingerprint density at radius 2 is 1.51 bits per heavy atom. The van der Waals surface area contributed by atoms with Crippen LogP contribution in [0, 0.1) is 23.3 Å². The number of piperazine rings is 1. The fourth-order valence-electron chi connectivity index (χ4n) is 5.40. The smallest absolute Gasteiger partial charge is 0.294 e. The van der Waals surface area contributed by atoms with E-state index in [9.17, 15) is 37.1 Å². The number of pyridine rings is 1. The summed E-state index contributed by atoms with van der Waals surface area (Å²) >= 11 is 0. The SMILES string of the molecule is CN(C)c1ccc(N2CCN(C(=O)C(=O)C=C(O)c3cc(Cc4c(F)cc(F)cc4F)cn(Cc4ccccc4F)c3=O)CC2)cc1. The van der Waals surface area contributed by atoms with E-state index in [-0.39, 0.29) is 30.8 Å². The fourth-order valence-corrected chi connectivity index (χ4v) is 5.40. The van der Waals surface area contributed by atoms with Crippen molar-refractivity contribution in [1.29, 1.82) is 0 Å². The number of carbonyl (C=O) groups is 2. The third-order valence-corrected chi connectivity index (χ3v) is 7.98. The van der Waals surface area contributed by atoms with Crippen molar-refractivity contribution in [3.8, 4) is 0 Å². The number of carbonyl (C=O) groups excluding carboxylic acids is 2. The Kier molecular flexibility index (Phi) is 9.78. The zero-order valence-corrected chi connectivity index (χ0v) is 25.7. The van der Waals surface area contributed by atoms with Gasteiger partial charge >= 0.3 is 0 Å². The predicted octanol–water partition coefficient (Wildman–Crippen LogP) is 4.93. The van der Waals surface area contributed by atoms with E-state index < -0.39 is 63.8 Å². The first kappa shape index (κ1) is 33.0. The standard InChI is InChI=1S/C35H32F4N4O4/c1-40(2)25-7-9-26(10-8-25)41-11-13-42(14-12-41)35(47)33(45)19-32(44)28-16-22(15-27-30(38)17-24(36)18-31(27)39)20-43(34(28)46)21-23-5-3-4-6-29(23)37/h3-10,16-20,44H,11-15,21H2,1-2H3.